The van der Waals surface area contributed by atoms with Crippen molar-refractivity contribution in [2.24, 2.45) is 4.99 Å². The lowest BCUT2D eigenvalue weighted by atomic mass is 10.1. The van der Waals surface area contributed by atoms with E-state index < -0.39 is 0 Å². The molecule has 1 heterocycles. The standard InChI is InChI=1S/C18H31N5O.HI/c1-19-18(20-8-13-24-3)21-14-16-4-6-17(7-5-16)15-23-11-9-22(2)10-12-23;/h4-7H,8-15H2,1-3H3,(H2,19,20,21);1H. The van der Waals surface area contributed by atoms with Crippen molar-refractivity contribution in [1.82, 2.24) is 20.4 Å². The molecular formula is C18H32IN5O. The smallest absolute Gasteiger partial charge is 0.191 e. The number of halogens is 1. The number of likely N-dealkylation sites (N-methyl/N-ethyl adjacent to an activating group) is 1. The molecule has 7 heteroatoms. The van der Waals surface area contributed by atoms with Crippen molar-refractivity contribution in [2.75, 3.05) is 60.5 Å². The van der Waals surface area contributed by atoms with E-state index in [1.54, 1.807) is 14.2 Å². The summed E-state index contributed by atoms with van der Waals surface area (Å²) in [6.45, 7) is 7.87. The highest BCUT2D eigenvalue weighted by Crippen LogP contribution is 2.09. The number of guanidine groups is 1. The molecule has 25 heavy (non-hydrogen) atoms. The van der Waals surface area contributed by atoms with Gasteiger partial charge in [0.05, 0.1) is 6.61 Å². The van der Waals surface area contributed by atoms with Crippen LogP contribution in [0.25, 0.3) is 0 Å². The van der Waals surface area contributed by atoms with Crippen LogP contribution in [0.5, 0.6) is 0 Å². The molecule has 1 aliphatic rings. The number of benzene rings is 1. The van der Waals surface area contributed by atoms with E-state index in [0.29, 0.717) is 6.61 Å². The van der Waals surface area contributed by atoms with Crippen molar-refractivity contribution < 1.29 is 4.74 Å². The van der Waals surface area contributed by atoms with Crippen LogP contribution in [0.4, 0.5) is 0 Å². The maximum Gasteiger partial charge on any atom is 0.191 e. The number of nitrogens with one attached hydrogen (secondary N) is 2. The van der Waals surface area contributed by atoms with Gasteiger partial charge in [0.25, 0.3) is 0 Å². The fourth-order valence-electron chi connectivity index (χ4n) is 2.70. The second kappa shape index (κ2) is 12.5. The first kappa shape index (κ1) is 22.1. The zero-order valence-electron chi connectivity index (χ0n) is 15.6. The number of hydrogen-bond donors (Lipinski definition) is 2. The molecule has 1 aromatic carbocycles. The van der Waals surface area contributed by atoms with E-state index in [0.717, 1.165) is 51.8 Å². The van der Waals surface area contributed by atoms with Crippen molar-refractivity contribution in [3.63, 3.8) is 0 Å². The first-order valence-electron chi connectivity index (χ1n) is 8.63. The number of piperazine rings is 1. The normalized spacial score (nSPS) is 16.4. The lowest BCUT2D eigenvalue weighted by Crippen LogP contribution is -2.43. The van der Waals surface area contributed by atoms with Gasteiger partial charge in [-0.3, -0.25) is 9.89 Å². The van der Waals surface area contributed by atoms with Gasteiger partial charge in [-0.2, -0.15) is 0 Å². The van der Waals surface area contributed by atoms with E-state index in [1.165, 1.54) is 11.1 Å². The van der Waals surface area contributed by atoms with Gasteiger partial charge in [0.1, 0.15) is 0 Å². The minimum atomic E-state index is 0. The van der Waals surface area contributed by atoms with Gasteiger partial charge < -0.3 is 20.3 Å². The molecule has 0 amide bonds. The van der Waals surface area contributed by atoms with Crippen molar-refractivity contribution in [3.05, 3.63) is 35.4 Å². The Morgan fingerprint density at radius 3 is 2.32 bits per heavy atom. The Balaban J connectivity index is 0.00000312. The summed E-state index contributed by atoms with van der Waals surface area (Å²) in [6, 6.07) is 8.86. The molecule has 1 aromatic rings. The SMILES string of the molecule is CN=C(NCCOC)NCc1ccc(CN2CCN(C)CC2)cc1.I. The molecule has 2 N–H and O–H groups in total. The molecule has 1 saturated heterocycles. The summed E-state index contributed by atoms with van der Waals surface area (Å²) in [5.41, 5.74) is 2.64. The van der Waals surface area contributed by atoms with E-state index in [-0.39, 0.29) is 24.0 Å². The van der Waals surface area contributed by atoms with Crippen LogP contribution in [0.3, 0.4) is 0 Å². The van der Waals surface area contributed by atoms with Crippen LogP contribution in [0.1, 0.15) is 11.1 Å². The largest absolute Gasteiger partial charge is 0.383 e. The van der Waals surface area contributed by atoms with Crippen LogP contribution in [0.2, 0.25) is 0 Å². The average Bonchev–Trinajstić information content (AvgIpc) is 2.61. The average molecular weight is 461 g/mol. The predicted molar refractivity (Wildman–Crippen MR) is 115 cm³/mol. The topological polar surface area (TPSA) is 52.1 Å². The molecule has 0 spiro atoms. The maximum atomic E-state index is 5.03. The number of methoxy groups -OCH3 is 1. The number of nitrogens with zero attached hydrogens (tertiary/aromatic N) is 3. The molecule has 6 nitrogen and oxygen atoms in total. The van der Waals surface area contributed by atoms with E-state index in [1.807, 2.05) is 0 Å². The third-order valence-corrected chi connectivity index (χ3v) is 4.31. The highest BCUT2D eigenvalue weighted by atomic mass is 127. The van der Waals surface area contributed by atoms with Crippen LogP contribution < -0.4 is 10.6 Å². The zero-order valence-corrected chi connectivity index (χ0v) is 18.0. The van der Waals surface area contributed by atoms with E-state index >= 15 is 0 Å². The molecule has 0 aliphatic carbocycles. The number of aliphatic imine (C=N–C) groups is 1. The Kier molecular flexibility index (Phi) is 11.0. The van der Waals surface area contributed by atoms with Crippen LogP contribution in [-0.4, -0.2) is 76.3 Å². The first-order chi connectivity index (χ1) is 11.7. The highest BCUT2D eigenvalue weighted by Gasteiger charge is 2.13. The Morgan fingerprint density at radius 2 is 1.72 bits per heavy atom. The summed E-state index contributed by atoms with van der Waals surface area (Å²) in [6.07, 6.45) is 0. The summed E-state index contributed by atoms with van der Waals surface area (Å²) in [4.78, 5) is 9.11. The Labute approximate surface area is 169 Å². The third-order valence-electron chi connectivity index (χ3n) is 4.31. The minimum Gasteiger partial charge on any atom is -0.383 e. The van der Waals surface area contributed by atoms with Gasteiger partial charge in [-0.1, -0.05) is 24.3 Å². The molecule has 1 aliphatic heterocycles. The molecule has 0 bridgehead atoms. The Morgan fingerprint density at radius 1 is 1.08 bits per heavy atom. The van der Waals surface area contributed by atoms with Crippen molar-refractivity contribution in [2.45, 2.75) is 13.1 Å². The number of ether oxygens (including phenoxy) is 1. The summed E-state index contributed by atoms with van der Waals surface area (Å²) < 4.78 is 5.03. The van der Waals surface area contributed by atoms with Crippen LogP contribution in [0.15, 0.2) is 29.3 Å². The van der Waals surface area contributed by atoms with Crippen LogP contribution in [-0.2, 0) is 17.8 Å². The van der Waals surface area contributed by atoms with Gasteiger partial charge in [0.2, 0.25) is 0 Å². The van der Waals surface area contributed by atoms with E-state index in [4.69, 9.17) is 4.74 Å². The fourth-order valence-corrected chi connectivity index (χ4v) is 2.70. The van der Waals surface area contributed by atoms with Crippen LogP contribution in [0, 0.1) is 0 Å². The van der Waals surface area contributed by atoms with Gasteiger partial charge in [-0.15, -0.1) is 24.0 Å². The second-order valence-corrected chi connectivity index (χ2v) is 6.24. The van der Waals surface area contributed by atoms with Crippen molar-refractivity contribution in [1.29, 1.82) is 0 Å². The predicted octanol–water partition coefficient (Wildman–Crippen LogP) is 1.36. The number of hydrogen-bond acceptors (Lipinski definition) is 4. The fraction of sp³-hybridized carbons (Fsp3) is 0.611. The molecule has 1 fully saturated rings. The van der Waals surface area contributed by atoms with Crippen LogP contribution >= 0.6 is 24.0 Å². The van der Waals surface area contributed by atoms with E-state index in [9.17, 15) is 0 Å². The molecular weight excluding hydrogens is 429 g/mol. The molecule has 0 unspecified atom stereocenters. The van der Waals surface area contributed by atoms with Gasteiger partial charge in [0.15, 0.2) is 5.96 Å². The summed E-state index contributed by atoms with van der Waals surface area (Å²) in [5, 5.41) is 6.53. The third kappa shape index (κ3) is 8.35. The monoisotopic (exact) mass is 461 g/mol. The quantitative estimate of drug-likeness (QED) is 0.278. The number of rotatable bonds is 7. The molecule has 0 atom stereocenters. The highest BCUT2D eigenvalue weighted by molar-refractivity contribution is 14.0. The second-order valence-electron chi connectivity index (χ2n) is 6.24. The van der Waals surface area contributed by atoms with Crippen molar-refractivity contribution >= 4 is 29.9 Å². The minimum absolute atomic E-state index is 0. The Hall–Kier alpha value is -0.900. The van der Waals surface area contributed by atoms with Gasteiger partial charge in [0, 0.05) is 60.0 Å². The maximum absolute atomic E-state index is 5.03. The van der Waals surface area contributed by atoms with E-state index in [2.05, 4.69) is 56.7 Å². The zero-order chi connectivity index (χ0) is 17.2. The summed E-state index contributed by atoms with van der Waals surface area (Å²) in [7, 11) is 5.67. The lowest BCUT2D eigenvalue weighted by Gasteiger charge is -2.32. The van der Waals surface area contributed by atoms with Gasteiger partial charge >= 0.3 is 0 Å². The lowest BCUT2D eigenvalue weighted by molar-refractivity contribution is 0.148. The molecule has 2 rings (SSSR count). The van der Waals surface area contributed by atoms with Crippen molar-refractivity contribution in [3.8, 4) is 0 Å². The van der Waals surface area contributed by atoms with Gasteiger partial charge in [-0.25, -0.2) is 0 Å². The molecule has 0 radical (unpaired) electrons. The summed E-state index contributed by atoms with van der Waals surface area (Å²) in [5.74, 6) is 0.800. The molecule has 0 aromatic heterocycles. The Bertz CT molecular complexity index is 501. The molecule has 142 valence electrons. The molecule has 0 saturated carbocycles. The van der Waals surface area contributed by atoms with Gasteiger partial charge in [-0.05, 0) is 18.2 Å². The summed E-state index contributed by atoms with van der Waals surface area (Å²) >= 11 is 0. The first-order valence-corrected chi connectivity index (χ1v) is 8.63.